The van der Waals surface area contributed by atoms with Crippen molar-refractivity contribution in [2.24, 2.45) is 11.1 Å². The summed E-state index contributed by atoms with van der Waals surface area (Å²) in [6, 6.07) is 0. The largest absolute Gasteiger partial charge is 0.396 e. The number of nitrogens with two attached hydrogens (primary N) is 1. The predicted octanol–water partition coefficient (Wildman–Crippen LogP) is 0.328. The Kier molecular flexibility index (Phi) is 2.33. The molecule has 1 aliphatic carbocycles. The monoisotopic (exact) mass is 195 g/mol. The summed E-state index contributed by atoms with van der Waals surface area (Å²) >= 11 is 0. The average molecular weight is 195 g/mol. The molecule has 1 aromatic rings. The molecule has 4 heteroatoms. The number of hydrogen-bond acceptors (Lipinski definition) is 3. The van der Waals surface area contributed by atoms with Crippen molar-refractivity contribution in [2.45, 2.75) is 25.8 Å². The van der Waals surface area contributed by atoms with E-state index in [-0.39, 0.29) is 12.0 Å². The molecule has 3 N–H and O–H groups in total. The van der Waals surface area contributed by atoms with Crippen LogP contribution < -0.4 is 5.73 Å². The van der Waals surface area contributed by atoms with Crippen molar-refractivity contribution in [1.82, 2.24) is 9.55 Å². The molecule has 78 valence electrons. The molecule has 0 radical (unpaired) electrons. The van der Waals surface area contributed by atoms with Crippen molar-refractivity contribution in [1.29, 1.82) is 0 Å². The molecule has 0 saturated heterocycles. The number of aryl methyl sites for hydroxylation is 1. The van der Waals surface area contributed by atoms with Crippen LogP contribution >= 0.6 is 0 Å². The third-order valence-corrected chi connectivity index (χ3v) is 3.35. The summed E-state index contributed by atoms with van der Waals surface area (Å²) in [5.74, 6) is 0.403. The van der Waals surface area contributed by atoms with Gasteiger partial charge in [0.1, 0.15) is 0 Å². The summed E-state index contributed by atoms with van der Waals surface area (Å²) in [6.45, 7) is 3.76. The van der Waals surface area contributed by atoms with E-state index in [1.54, 1.807) is 0 Å². The topological polar surface area (TPSA) is 64.1 Å². The van der Waals surface area contributed by atoms with Gasteiger partial charge < -0.3 is 15.4 Å². The van der Waals surface area contributed by atoms with Crippen LogP contribution in [0.15, 0.2) is 12.5 Å². The zero-order chi connectivity index (χ0) is 10.2. The van der Waals surface area contributed by atoms with Crippen LogP contribution in [0.25, 0.3) is 0 Å². The van der Waals surface area contributed by atoms with Crippen LogP contribution in [0.3, 0.4) is 0 Å². The van der Waals surface area contributed by atoms with Crippen molar-refractivity contribution >= 4 is 0 Å². The Hall–Kier alpha value is -0.870. The summed E-state index contributed by atoms with van der Waals surface area (Å²) < 4.78 is 2.12. The maximum absolute atomic E-state index is 9.28. The molecule has 1 fully saturated rings. The molecule has 1 aromatic heterocycles. The summed E-state index contributed by atoms with van der Waals surface area (Å²) in [4.78, 5) is 4.13. The van der Waals surface area contributed by atoms with Gasteiger partial charge in [0.05, 0.1) is 12.9 Å². The standard InChI is InChI=1S/C10H17N3O/c1-2-13-7-12-4-9(13)8-3-10(8,5-11)6-14/h4,7-8,14H,2-3,5-6,11H2,1H3. The van der Waals surface area contributed by atoms with Gasteiger partial charge in [0.15, 0.2) is 0 Å². The molecule has 2 atom stereocenters. The number of aliphatic hydroxyl groups is 1. The maximum atomic E-state index is 9.28. The second kappa shape index (κ2) is 3.37. The third kappa shape index (κ3) is 1.26. The summed E-state index contributed by atoms with van der Waals surface area (Å²) in [7, 11) is 0. The Balaban J connectivity index is 2.19. The fraction of sp³-hybridized carbons (Fsp3) is 0.700. The van der Waals surface area contributed by atoms with Crippen molar-refractivity contribution in [3.63, 3.8) is 0 Å². The van der Waals surface area contributed by atoms with E-state index in [1.165, 1.54) is 5.69 Å². The summed E-state index contributed by atoms with van der Waals surface area (Å²) in [5.41, 5.74) is 6.83. The minimum atomic E-state index is -0.0625. The SMILES string of the molecule is CCn1cncc1C1CC1(CN)CO. The Labute approximate surface area is 83.8 Å². The molecule has 2 rings (SSSR count). The first-order chi connectivity index (χ1) is 6.77. The molecule has 14 heavy (non-hydrogen) atoms. The highest BCUT2D eigenvalue weighted by molar-refractivity contribution is 5.23. The number of aromatic nitrogens is 2. The van der Waals surface area contributed by atoms with E-state index >= 15 is 0 Å². The predicted molar refractivity (Wildman–Crippen MR) is 53.8 cm³/mol. The Morgan fingerprint density at radius 2 is 2.57 bits per heavy atom. The molecule has 0 aliphatic heterocycles. The third-order valence-electron chi connectivity index (χ3n) is 3.35. The van der Waals surface area contributed by atoms with Gasteiger partial charge in [-0.15, -0.1) is 0 Å². The lowest BCUT2D eigenvalue weighted by molar-refractivity contribution is 0.211. The quantitative estimate of drug-likeness (QED) is 0.727. The zero-order valence-corrected chi connectivity index (χ0v) is 8.48. The molecule has 0 amide bonds. The highest BCUT2D eigenvalue weighted by Gasteiger charge is 2.54. The van der Waals surface area contributed by atoms with Gasteiger partial charge in [-0.25, -0.2) is 4.98 Å². The van der Waals surface area contributed by atoms with E-state index in [0.717, 1.165) is 13.0 Å². The molecule has 1 aliphatic rings. The lowest BCUT2D eigenvalue weighted by Gasteiger charge is -2.11. The first-order valence-corrected chi connectivity index (χ1v) is 5.08. The number of hydrogen-bond donors (Lipinski definition) is 2. The van der Waals surface area contributed by atoms with Crippen molar-refractivity contribution in [3.8, 4) is 0 Å². The summed E-state index contributed by atoms with van der Waals surface area (Å²) in [5, 5.41) is 9.28. The van der Waals surface area contributed by atoms with Crippen LogP contribution in [0.5, 0.6) is 0 Å². The molecule has 4 nitrogen and oxygen atoms in total. The summed E-state index contributed by atoms with van der Waals surface area (Å²) in [6.07, 6.45) is 4.72. The molecule has 1 heterocycles. The van der Waals surface area contributed by atoms with Crippen LogP contribution in [-0.2, 0) is 6.54 Å². The number of rotatable bonds is 4. The molecule has 1 saturated carbocycles. The van der Waals surface area contributed by atoms with Crippen molar-refractivity contribution in [2.75, 3.05) is 13.2 Å². The van der Waals surface area contributed by atoms with E-state index in [1.807, 2.05) is 12.5 Å². The van der Waals surface area contributed by atoms with Gasteiger partial charge in [-0.05, 0) is 13.3 Å². The number of aliphatic hydroxyl groups excluding tert-OH is 1. The Morgan fingerprint density at radius 3 is 3.07 bits per heavy atom. The second-order valence-corrected chi connectivity index (χ2v) is 4.09. The second-order valence-electron chi connectivity index (χ2n) is 4.09. The van der Waals surface area contributed by atoms with E-state index in [0.29, 0.717) is 12.5 Å². The van der Waals surface area contributed by atoms with Gasteiger partial charge in [-0.2, -0.15) is 0 Å². The zero-order valence-electron chi connectivity index (χ0n) is 8.48. The van der Waals surface area contributed by atoms with Gasteiger partial charge >= 0.3 is 0 Å². The number of nitrogens with zero attached hydrogens (tertiary/aromatic N) is 2. The van der Waals surface area contributed by atoms with Crippen LogP contribution in [0.2, 0.25) is 0 Å². The Bertz CT molecular complexity index is 317. The molecular formula is C10H17N3O. The minimum absolute atomic E-state index is 0.0625. The van der Waals surface area contributed by atoms with Crippen LogP contribution in [0, 0.1) is 5.41 Å². The van der Waals surface area contributed by atoms with Crippen molar-refractivity contribution in [3.05, 3.63) is 18.2 Å². The smallest absolute Gasteiger partial charge is 0.0948 e. The first-order valence-electron chi connectivity index (χ1n) is 5.08. The van der Waals surface area contributed by atoms with Gasteiger partial charge in [-0.3, -0.25) is 0 Å². The first kappa shape index (κ1) is 9.68. The van der Waals surface area contributed by atoms with E-state index < -0.39 is 0 Å². The van der Waals surface area contributed by atoms with E-state index in [9.17, 15) is 5.11 Å². The molecule has 0 aromatic carbocycles. The fourth-order valence-electron chi connectivity index (χ4n) is 2.12. The highest BCUT2D eigenvalue weighted by atomic mass is 16.3. The molecular weight excluding hydrogens is 178 g/mol. The van der Waals surface area contributed by atoms with Gasteiger partial charge in [0, 0.05) is 36.3 Å². The molecule has 0 spiro atoms. The lowest BCUT2D eigenvalue weighted by atomic mass is 10.0. The van der Waals surface area contributed by atoms with E-state index in [2.05, 4.69) is 16.5 Å². The fourth-order valence-corrected chi connectivity index (χ4v) is 2.12. The van der Waals surface area contributed by atoms with Crippen LogP contribution in [-0.4, -0.2) is 27.8 Å². The number of imidazole rings is 1. The van der Waals surface area contributed by atoms with Crippen LogP contribution in [0.4, 0.5) is 0 Å². The minimum Gasteiger partial charge on any atom is -0.396 e. The normalized spacial score (nSPS) is 30.6. The van der Waals surface area contributed by atoms with Crippen LogP contribution in [0.1, 0.15) is 25.0 Å². The van der Waals surface area contributed by atoms with E-state index in [4.69, 9.17) is 5.73 Å². The van der Waals surface area contributed by atoms with Gasteiger partial charge in [0.2, 0.25) is 0 Å². The highest BCUT2D eigenvalue weighted by Crippen LogP contribution is 2.58. The van der Waals surface area contributed by atoms with Gasteiger partial charge in [-0.1, -0.05) is 0 Å². The lowest BCUT2D eigenvalue weighted by Crippen LogP contribution is -2.22. The average Bonchev–Trinajstić information content (AvgIpc) is 2.77. The molecule has 2 unspecified atom stereocenters. The van der Waals surface area contributed by atoms with Gasteiger partial charge in [0.25, 0.3) is 0 Å². The Morgan fingerprint density at radius 1 is 1.79 bits per heavy atom. The van der Waals surface area contributed by atoms with Crippen molar-refractivity contribution < 1.29 is 5.11 Å². The maximum Gasteiger partial charge on any atom is 0.0948 e. The molecule has 0 bridgehead atoms.